The summed E-state index contributed by atoms with van der Waals surface area (Å²) in [6.07, 6.45) is 3.49. The van der Waals surface area contributed by atoms with E-state index in [1.54, 1.807) is 19.3 Å². The molecule has 0 radical (unpaired) electrons. The summed E-state index contributed by atoms with van der Waals surface area (Å²) in [4.78, 5) is 0.334. The van der Waals surface area contributed by atoms with Crippen molar-refractivity contribution < 1.29 is 8.42 Å². The monoisotopic (exact) mass is 287 g/mol. The molecule has 0 bridgehead atoms. The lowest BCUT2D eigenvalue weighted by molar-refractivity contribution is 0.368. The van der Waals surface area contributed by atoms with Crippen molar-refractivity contribution in [1.82, 2.24) is 8.87 Å². The van der Waals surface area contributed by atoms with Crippen molar-refractivity contribution in [1.29, 1.82) is 0 Å². The number of hydrogen-bond acceptors (Lipinski definition) is 3. The van der Waals surface area contributed by atoms with Crippen molar-refractivity contribution in [3.8, 4) is 0 Å². The molecule has 1 unspecified atom stereocenters. The zero-order valence-corrected chi connectivity index (χ0v) is 13.1. The third kappa shape index (κ3) is 3.38. The summed E-state index contributed by atoms with van der Waals surface area (Å²) in [5, 5.41) is 0. The van der Waals surface area contributed by atoms with Crippen molar-refractivity contribution in [3.63, 3.8) is 0 Å². The Labute approximate surface area is 116 Å². The van der Waals surface area contributed by atoms with Crippen LogP contribution in [-0.2, 0) is 23.1 Å². The van der Waals surface area contributed by atoms with Gasteiger partial charge in [-0.25, -0.2) is 8.42 Å². The van der Waals surface area contributed by atoms with Crippen LogP contribution in [0, 0.1) is 0 Å². The number of nitrogens with two attached hydrogens (primary N) is 1. The Kier molecular flexibility index (Phi) is 5.58. The Morgan fingerprint density at radius 2 is 2.05 bits per heavy atom. The Morgan fingerprint density at radius 1 is 1.42 bits per heavy atom. The Bertz CT molecular complexity index is 486. The first-order chi connectivity index (χ1) is 8.88. The molecule has 6 heteroatoms. The molecule has 1 atom stereocenters. The third-order valence-electron chi connectivity index (χ3n) is 3.51. The molecule has 2 N–H and O–H groups in total. The molecule has 110 valence electrons. The molecule has 0 amide bonds. The molecular weight excluding hydrogens is 262 g/mol. The molecule has 0 aliphatic carbocycles. The van der Waals surface area contributed by atoms with Crippen molar-refractivity contribution in [2.45, 2.75) is 57.6 Å². The first kappa shape index (κ1) is 16.2. The average molecular weight is 287 g/mol. The molecule has 1 aromatic rings. The first-order valence-corrected chi connectivity index (χ1v) is 8.19. The van der Waals surface area contributed by atoms with Gasteiger partial charge in [0.05, 0.1) is 0 Å². The van der Waals surface area contributed by atoms with Crippen LogP contribution in [0.4, 0.5) is 0 Å². The average Bonchev–Trinajstić information content (AvgIpc) is 2.81. The van der Waals surface area contributed by atoms with Crippen LogP contribution in [0.5, 0.6) is 0 Å². The van der Waals surface area contributed by atoms with Crippen LogP contribution in [0.1, 0.15) is 39.3 Å². The van der Waals surface area contributed by atoms with Crippen LogP contribution in [0.15, 0.2) is 17.2 Å². The minimum atomic E-state index is -3.43. The molecule has 0 spiro atoms. The number of aromatic nitrogens is 1. The van der Waals surface area contributed by atoms with E-state index >= 15 is 0 Å². The van der Waals surface area contributed by atoms with E-state index in [-0.39, 0.29) is 6.04 Å². The summed E-state index contributed by atoms with van der Waals surface area (Å²) in [5.74, 6) is 0. The van der Waals surface area contributed by atoms with E-state index in [4.69, 9.17) is 5.73 Å². The molecule has 1 heterocycles. The lowest BCUT2D eigenvalue weighted by Crippen LogP contribution is -2.34. The molecule has 0 aliphatic rings. The van der Waals surface area contributed by atoms with Crippen LogP contribution >= 0.6 is 0 Å². The summed E-state index contributed by atoms with van der Waals surface area (Å²) < 4.78 is 28.4. The minimum absolute atomic E-state index is 0.00121. The van der Waals surface area contributed by atoms with Gasteiger partial charge in [0.25, 0.3) is 0 Å². The quantitative estimate of drug-likeness (QED) is 0.831. The van der Waals surface area contributed by atoms with Gasteiger partial charge in [-0.2, -0.15) is 4.31 Å². The predicted octanol–water partition coefficient (Wildman–Crippen LogP) is 1.78. The smallest absolute Gasteiger partial charge is 0.244 e. The van der Waals surface area contributed by atoms with Crippen LogP contribution in [-0.4, -0.2) is 30.4 Å². The molecule has 0 aromatic carbocycles. The van der Waals surface area contributed by atoms with E-state index in [9.17, 15) is 8.42 Å². The Morgan fingerprint density at radius 3 is 2.47 bits per heavy atom. The summed E-state index contributed by atoms with van der Waals surface area (Å²) in [7, 11) is -1.79. The van der Waals surface area contributed by atoms with E-state index in [2.05, 4.69) is 6.92 Å². The molecule has 0 fully saturated rings. The van der Waals surface area contributed by atoms with E-state index < -0.39 is 10.0 Å². The predicted molar refractivity (Wildman–Crippen MR) is 77.3 cm³/mol. The lowest BCUT2D eigenvalue weighted by Gasteiger charge is -2.23. The molecule has 1 aromatic heterocycles. The fourth-order valence-electron chi connectivity index (χ4n) is 2.14. The van der Waals surface area contributed by atoms with Gasteiger partial charge in [-0.05, 0) is 26.3 Å². The fourth-order valence-corrected chi connectivity index (χ4v) is 3.59. The zero-order valence-electron chi connectivity index (χ0n) is 12.3. The summed E-state index contributed by atoms with van der Waals surface area (Å²) in [6, 6.07) is 1.68. The van der Waals surface area contributed by atoms with Crippen LogP contribution < -0.4 is 5.73 Å². The molecule has 0 saturated heterocycles. The van der Waals surface area contributed by atoms with Crippen molar-refractivity contribution >= 4 is 10.0 Å². The van der Waals surface area contributed by atoms with Crippen molar-refractivity contribution in [2.75, 3.05) is 7.05 Å². The highest BCUT2D eigenvalue weighted by molar-refractivity contribution is 7.89. The van der Waals surface area contributed by atoms with E-state index in [1.165, 1.54) is 4.31 Å². The topological polar surface area (TPSA) is 68.3 Å². The molecular formula is C13H25N3O2S. The molecule has 1 rings (SSSR count). The van der Waals surface area contributed by atoms with Crippen molar-refractivity contribution in [3.05, 3.63) is 18.0 Å². The van der Waals surface area contributed by atoms with Crippen LogP contribution in [0.2, 0.25) is 0 Å². The zero-order chi connectivity index (χ0) is 14.6. The van der Waals surface area contributed by atoms with Crippen LogP contribution in [0.25, 0.3) is 0 Å². The normalized spacial score (nSPS) is 14.0. The standard InChI is InChI=1S/C13H25N3O2S/c1-5-7-11(3)15(4)19(17,18)13-8-12(9-14)16(6-2)10-13/h8,10-11H,5-7,9,14H2,1-4H3. The molecule has 5 nitrogen and oxygen atoms in total. The third-order valence-corrected chi connectivity index (χ3v) is 5.45. The van der Waals surface area contributed by atoms with Crippen molar-refractivity contribution in [2.24, 2.45) is 5.73 Å². The van der Waals surface area contributed by atoms with E-state index in [0.717, 1.165) is 25.1 Å². The SMILES string of the molecule is CCCC(C)N(C)S(=O)(=O)c1cc(CN)n(CC)c1. The highest BCUT2D eigenvalue weighted by Crippen LogP contribution is 2.21. The first-order valence-electron chi connectivity index (χ1n) is 6.75. The number of aryl methyl sites for hydroxylation is 1. The number of sulfonamides is 1. The van der Waals surface area contributed by atoms with Gasteiger partial charge in [-0.1, -0.05) is 13.3 Å². The summed E-state index contributed by atoms with van der Waals surface area (Å²) >= 11 is 0. The van der Waals surface area contributed by atoms with Gasteiger partial charge in [0.1, 0.15) is 4.90 Å². The van der Waals surface area contributed by atoms with Gasteiger partial charge < -0.3 is 10.3 Å². The van der Waals surface area contributed by atoms with Gasteiger partial charge in [0.15, 0.2) is 0 Å². The highest BCUT2D eigenvalue weighted by Gasteiger charge is 2.26. The van der Waals surface area contributed by atoms with Crippen LogP contribution in [0.3, 0.4) is 0 Å². The van der Waals surface area contributed by atoms with Gasteiger partial charge in [-0.15, -0.1) is 0 Å². The lowest BCUT2D eigenvalue weighted by atomic mass is 10.2. The van der Waals surface area contributed by atoms with E-state index in [1.807, 2.05) is 18.4 Å². The summed E-state index contributed by atoms with van der Waals surface area (Å²) in [6.45, 7) is 7.02. The van der Waals surface area contributed by atoms with Gasteiger partial charge in [-0.3, -0.25) is 0 Å². The number of hydrogen-bond donors (Lipinski definition) is 1. The Hall–Kier alpha value is -0.850. The second kappa shape index (κ2) is 6.54. The molecule has 0 aliphatic heterocycles. The maximum absolute atomic E-state index is 12.5. The fraction of sp³-hybridized carbons (Fsp3) is 0.692. The number of nitrogens with zero attached hydrogens (tertiary/aromatic N) is 2. The molecule has 0 saturated carbocycles. The van der Waals surface area contributed by atoms with Gasteiger partial charge in [0.2, 0.25) is 10.0 Å². The van der Waals surface area contributed by atoms with E-state index in [0.29, 0.717) is 11.4 Å². The maximum atomic E-state index is 12.5. The second-order valence-corrected chi connectivity index (χ2v) is 6.81. The second-order valence-electron chi connectivity index (χ2n) is 4.82. The minimum Gasteiger partial charge on any atom is -0.349 e. The van der Waals surface area contributed by atoms with Gasteiger partial charge >= 0.3 is 0 Å². The maximum Gasteiger partial charge on any atom is 0.244 e. The molecule has 19 heavy (non-hydrogen) atoms. The number of rotatable bonds is 7. The largest absolute Gasteiger partial charge is 0.349 e. The van der Waals surface area contributed by atoms with Gasteiger partial charge in [0, 0.05) is 38.1 Å². The Balaban J connectivity index is 3.09. The summed E-state index contributed by atoms with van der Waals surface area (Å²) in [5.41, 5.74) is 6.48. The highest BCUT2D eigenvalue weighted by atomic mass is 32.2.